The Kier molecular flexibility index (Phi) is 4.01. The summed E-state index contributed by atoms with van der Waals surface area (Å²) >= 11 is 1.79. The van der Waals surface area contributed by atoms with Crippen molar-refractivity contribution in [3.8, 4) is 0 Å². The van der Waals surface area contributed by atoms with Gasteiger partial charge in [-0.3, -0.25) is 4.99 Å². The summed E-state index contributed by atoms with van der Waals surface area (Å²) in [6.45, 7) is 2.76. The second-order valence-corrected chi connectivity index (χ2v) is 7.05. The molecule has 0 aromatic heterocycles. The number of halogens is 1. The topological polar surface area (TPSA) is 24.4 Å². The van der Waals surface area contributed by atoms with Crippen LogP contribution in [-0.4, -0.2) is 16.5 Å². The van der Waals surface area contributed by atoms with Gasteiger partial charge in [-0.15, -0.1) is 0 Å². The number of nitrogens with one attached hydrogen (secondary N) is 1. The average Bonchev–Trinajstić information content (AvgIpc) is 2.85. The number of aliphatic imine (C=N–C) groups is 1. The minimum Gasteiger partial charge on any atom is -0.359 e. The largest absolute Gasteiger partial charge is 0.359 e. The molecule has 1 heterocycles. The van der Waals surface area contributed by atoms with Crippen LogP contribution in [0.25, 0.3) is 0 Å². The van der Waals surface area contributed by atoms with Crippen molar-refractivity contribution in [1.29, 1.82) is 0 Å². The van der Waals surface area contributed by atoms with Gasteiger partial charge in [0.15, 0.2) is 5.17 Å². The van der Waals surface area contributed by atoms with Gasteiger partial charge < -0.3 is 5.32 Å². The predicted molar refractivity (Wildman–Crippen MR) is 83.5 cm³/mol. The Morgan fingerprint density at radius 2 is 2.10 bits per heavy atom. The van der Waals surface area contributed by atoms with Crippen LogP contribution >= 0.6 is 11.8 Å². The predicted octanol–water partition coefficient (Wildman–Crippen LogP) is 3.97. The van der Waals surface area contributed by atoms with Crippen molar-refractivity contribution in [3.63, 3.8) is 0 Å². The number of thioether (sulfide) groups is 1. The van der Waals surface area contributed by atoms with E-state index in [4.69, 9.17) is 0 Å². The summed E-state index contributed by atoms with van der Waals surface area (Å²) in [7, 11) is 0. The third-order valence-corrected chi connectivity index (χ3v) is 5.64. The third-order valence-electron chi connectivity index (χ3n) is 4.44. The van der Waals surface area contributed by atoms with Crippen LogP contribution in [0.5, 0.6) is 0 Å². The summed E-state index contributed by atoms with van der Waals surface area (Å²) in [5.41, 5.74) is 0.922. The Balaban J connectivity index is 1.62. The lowest BCUT2D eigenvalue weighted by Gasteiger charge is -2.35. The highest BCUT2D eigenvalue weighted by Crippen LogP contribution is 2.38. The van der Waals surface area contributed by atoms with Crippen LogP contribution < -0.4 is 5.32 Å². The molecule has 1 aromatic rings. The number of rotatable bonds is 2. The van der Waals surface area contributed by atoms with E-state index in [9.17, 15) is 4.39 Å². The summed E-state index contributed by atoms with van der Waals surface area (Å²) in [6, 6.07) is 6.87. The summed E-state index contributed by atoms with van der Waals surface area (Å²) < 4.78 is 13.6. The van der Waals surface area contributed by atoms with Crippen molar-refractivity contribution in [2.24, 2.45) is 10.9 Å². The molecule has 0 unspecified atom stereocenters. The van der Waals surface area contributed by atoms with Crippen LogP contribution in [0.2, 0.25) is 0 Å². The first-order chi connectivity index (χ1) is 9.67. The van der Waals surface area contributed by atoms with Crippen molar-refractivity contribution in [2.75, 3.05) is 5.75 Å². The summed E-state index contributed by atoms with van der Waals surface area (Å²) in [4.78, 5) is 4.55. The van der Waals surface area contributed by atoms with Gasteiger partial charge in [-0.1, -0.05) is 36.9 Å². The zero-order valence-corrected chi connectivity index (χ0v) is 12.7. The van der Waals surface area contributed by atoms with E-state index in [2.05, 4.69) is 17.2 Å². The monoisotopic (exact) mass is 292 g/mol. The second-order valence-electron chi connectivity index (χ2n) is 6.09. The molecule has 0 atom stereocenters. The zero-order valence-electron chi connectivity index (χ0n) is 11.9. The molecule has 1 aliphatic heterocycles. The van der Waals surface area contributed by atoms with Crippen molar-refractivity contribution < 1.29 is 4.39 Å². The number of hydrogen-bond acceptors (Lipinski definition) is 2. The molecule has 20 heavy (non-hydrogen) atoms. The maximum atomic E-state index is 13.6. The van der Waals surface area contributed by atoms with Gasteiger partial charge in [-0.05, 0) is 37.7 Å². The van der Waals surface area contributed by atoms with E-state index in [1.807, 2.05) is 6.07 Å². The molecule has 1 saturated carbocycles. The molecule has 1 spiro atoms. The maximum Gasteiger partial charge on any atom is 0.157 e. The van der Waals surface area contributed by atoms with Crippen molar-refractivity contribution in [1.82, 2.24) is 5.32 Å². The van der Waals surface area contributed by atoms with E-state index in [0.717, 1.165) is 16.8 Å². The molecule has 0 radical (unpaired) electrons. The van der Waals surface area contributed by atoms with Gasteiger partial charge in [-0.2, -0.15) is 0 Å². The zero-order chi connectivity index (χ0) is 14.0. The Morgan fingerprint density at radius 1 is 1.35 bits per heavy atom. The second kappa shape index (κ2) is 5.76. The Morgan fingerprint density at radius 3 is 2.85 bits per heavy atom. The lowest BCUT2D eigenvalue weighted by Crippen LogP contribution is -2.46. The molecule has 1 N–H and O–H groups in total. The molecule has 3 rings (SSSR count). The molecule has 2 fully saturated rings. The molecule has 0 amide bonds. The van der Waals surface area contributed by atoms with E-state index >= 15 is 0 Å². The number of nitrogens with zero attached hydrogens (tertiary/aromatic N) is 1. The standard InChI is InChI=1S/C16H21FN2S/c1-12-6-8-16(9-7-12)11-20-15(19-16)18-10-13-4-2-3-5-14(13)17/h2-5,12H,6-11H2,1H3,(H,18,19). The minimum atomic E-state index is -0.166. The Labute approximate surface area is 124 Å². The number of hydrogen-bond donors (Lipinski definition) is 1. The fraction of sp³-hybridized carbons (Fsp3) is 0.562. The summed E-state index contributed by atoms with van der Waals surface area (Å²) in [6.07, 6.45) is 5.07. The summed E-state index contributed by atoms with van der Waals surface area (Å²) in [5.74, 6) is 1.79. The first kappa shape index (κ1) is 13.9. The molecule has 4 heteroatoms. The number of benzene rings is 1. The highest BCUT2D eigenvalue weighted by molar-refractivity contribution is 8.14. The Hall–Kier alpha value is -1.03. The Bertz CT molecular complexity index is 507. The SMILES string of the molecule is CC1CCC2(CC1)CSC(=NCc1ccccc1F)N2. The van der Waals surface area contributed by atoms with Gasteiger partial charge in [0.25, 0.3) is 0 Å². The maximum absolute atomic E-state index is 13.6. The third kappa shape index (κ3) is 3.00. The normalized spacial score (nSPS) is 31.7. The van der Waals surface area contributed by atoms with Crippen LogP contribution in [0, 0.1) is 11.7 Å². The molecule has 1 aromatic carbocycles. The lowest BCUT2D eigenvalue weighted by molar-refractivity contribution is 0.251. The molecule has 1 aliphatic carbocycles. The van der Waals surface area contributed by atoms with Gasteiger partial charge in [0, 0.05) is 16.9 Å². The van der Waals surface area contributed by atoms with Crippen molar-refractivity contribution >= 4 is 16.9 Å². The van der Waals surface area contributed by atoms with Crippen LogP contribution in [0.3, 0.4) is 0 Å². The number of amidine groups is 1. The van der Waals surface area contributed by atoms with Crippen LogP contribution in [0.4, 0.5) is 4.39 Å². The van der Waals surface area contributed by atoms with Crippen LogP contribution in [0.15, 0.2) is 29.3 Å². The minimum absolute atomic E-state index is 0.166. The average molecular weight is 292 g/mol. The van der Waals surface area contributed by atoms with E-state index in [0.29, 0.717) is 12.1 Å². The first-order valence-electron chi connectivity index (χ1n) is 7.36. The fourth-order valence-corrected chi connectivity index (χ4v) is 4.18. The van der Waals surface area contributed by atoms with Gasteiger partial charge in [-0.25, -0.2) is 4.39 Å². The summed E-state index contributed by atoms with van der Waals surface area (Å²) in [5, 5.41) is 4.60. The van der Waals surface area contributed by atoms with Crippen LogP contribution in [0.1, 0.15) is 38.2 Å². The van der Waals surface area contributed by atoms with E-state index in [-0.39, 0.29) is 11.4 Å². The molecule has 1 saturated heterocycles. The molecule has 108 valence electrons. The molecular weight excluding hydrogens is 271 g/mol. The van der Waals surface area contributed by atoms with Gasteiger partial charge in [0.1, 0.15) is 5.82 Å². The lowest BCUT2D eigenvalue weighted by atomic mass is 9.78. The quantitative estimate of drug-likeness (QED) is 0.892. The fourth-order valence-electron chi connectivity index (χ4n) is 2.96. The highest BCUT2D eigenvalue weighted by atomic mass is 32.2. The van der Waals surface area contributed by atoms with Crippen molar-refractivity contribution in [3.05, 3.63) is 35.6 Å². The molecular formula is C16H21FN2S. The van der Waals surface area contributed by atoms with Gasteiger partial charge in [0.05, 0.1) is 6.54 Å². The molecule has 2 nitrogen and oxygen atoms in total. The highest BCUT2D eigenvalue weighted by Gasteiger charge is 2.39. The van der Waals surface area contributed by atoms with Crippen molar-refractivity contribution in [2.45, 2.75) is 44.7 Å². The van der Waals surface area contributed by atoms with E-state index < -0.39 is 0 Å². The van der Waals surface area contributed by atoms with E-state index in [1.165, 1.54) is 31.7 Å². The molecule has 0 bridgehead atoms. The van der Waals surface area contributed by atoms with Gasteiger partial charge in [0.2, 0.25) is 0 Å². The van der Waals surface area contributed by atoms with Crippen LogP contribution in [-0.2, 0) is 6.54 Å². The molecule has 2 aliphatic rings. The van der Waals surface area contributed by atoms with E-state index in [1.54, 1.807) is 23.9 Å². The van der Waals surface area contributed by atoms with Gasteiger partial charge >= 0.3 is 0 Å². The smallest absolute Gasteiger partial charge is 0.157 e. The first-order valence-corrected chi connectivity index (χ1v) is 8.34.